The number of aliphatic carboxylic acids is 2. The van der Waals surface area contributed by atoms with E-state index in [2.05, 4.69) is 0 Å². The molecule has 15 heavy (non-hydrogen) atoms. The maximum absolute atomic E-state index is 10.9. The second-order valence-electron chi connectivity index (χ2n) is 3.36. The fourth-order valence-electron chi connectivity index (χ4n) is 1.77. The molecular weight excluding hydrogens is 206 g/mol. The van der Waals surface area contributed by atoms with E-state index in [1.165, 1.54) is 0 Å². The van der Waals surface area contributed by atoms with Crippen LogP contribution in [0.1, 0.15) is 19.3 Å². The van der Waals surface area contributed by atoms with Crippen LogP contribution in [0, 0.1) is 0 Å². The van der Waals surface area contributed by atoms with Crippen LogP contribution < -0.4 is 0 Å². The molecule has 3 N–H and O–H groups in total. The summed E-state index contributed by atoms with van der Waals surface area (Å²) in [5, 5.41) is 26.6. The Hall–Kier alpha value is -1.79. The molecule has 7 nitrogen and oxygen atoms in total. The van der Waals surface area contributed by atoms with E-state index in [0.29, 0.717) is 17.7 Å². The van der Waals surface area contributed by atoms with Crippen molar-refractivity contribution in [1.82, 2.24) is 4.90 Å². The molecular formula is C8H11NO6. The largest absolute Gasteiger partial charge is 0.479 e. The van der Waals surface area contributed by atoms with Crippen molar-refractivity contribution < 1.29 is 29.7 Å². The number of nitrogens with zero attached hydrogens (tertiary/aromatic N) is 1. The quantitative estimate of drug-likeness (QED) is 0.563. The van der Waals surface area contributed by atoms with E-state index < -0.39 is 23.6 Å². The van der Waals surface area contributed by atoms with Crippen molar-refractivity contribution in [3.05, 3.63) is 0 Å². The number of piperidine rings is 1. The first kappa shape index (κ1) is 11.3. The summed E-state index contributed by atoms with van der Waals surface area (Å²) in [4.78, 5) is 33.2. The van der Waals surface area contributed by atoms with E-state index >= 15 is 0 Å². The van der Waals surface area contributed by atoms with Crippen LogP contribution in [0.3, 0.4) is 0 Å². The molecule has 1 aliphatic rings. The lowest BCUT2D eigenvalue weighted by atomic mass is 9.87. The van der Waals surface area contributed by atoms with E-state index in [-0.39, 0.29) is 13.0 Å². The topological polar surface area (TPSA) is 115 Å². The number of rotatable bonds is 2. The molecule has 0 aromatic rings. The highest BCUT2D eigenvalue weighted by Crippen LogP contribution is 2.29. The van der Waals surface area contributed by atoms with E-state index in [9.17, 15) is 14.4 Å². The van der Waals surface area contributed by atoms with Gasteiger partial charge >= 0.3 is 18.0 Å². The van der Waals surface area contributed by atoms with E-state index in [4.69, 9.17) is 15.3 Å². The number of carboxylic acid groups (broad SMARTS) is 3. The van der Waals surface area contributed by atoms with Gasteiger partial charge in [0.2, 0.25) is 5.54 Å². The molecule has 1 fully saturated rings. The van der Waals surface area contributed by atoms with Gasteiger partial charge in [-0.2, -0.15) is 0 Å². The molecule has 1 heterocycles. The zero-order valence-electron chi connectivity index (χ0n) is 7.84. The lowest BCUT2D eigenvalue weighted by Gasteiger charge is -2.38. The summed E-state index contributed by atoms with van der Waals surface area (Å²) in [5.74, 6) is -3.26. The zero-order valence-corrected chi connectivity index (χ0v) is 7.84. The maximum atomic E-state index is 10.9. The third-order valence-electron chi connectivity index (χ3n) is 2.57. The number of amides is 1. The molecule has 1 rings (SSSR count). The van der Waals surface area contributed by atoms with Gasteiger partial charge in [-0.3, -0.25) is 4.90 Å². The van der Waals surface area contributed by atoms with Crippen molar-refractivity contribution in [2.24, 2.45) is 0 Å². The van der Waals surface area contributed by atoms with Crippen LogP contribution in [0.4, 0.5) is 4.79 Å². The first-order chi connectivity index (χ1) is 6.93. The summed E-state index contributed by atoms with van der Waals surface area (Å²) in [6.07, 6.45) is -0.833. The predicted molar refractivity (Wildman–Crippen MR) is 46.6 cm³/mol. The van der Waals surface area contributed by atoms with Crippen LogP contribution >= 0.6 is 0 Å². The third kappa shape index (κ3) is 1.60. The van der Waals surface area contributed by atoms with Gasteiger partial charge in [0.15, 0.2) is 0 Å². The van der Waals surface area contributed by atoms with Gasteiger partial charge in [0.25, 0.3) is 0 Å². The van der Waals surface area contributed by atoms with Gasteiger partial charge in [0.1, 0.15) is 0 Å². The summed E-state index contributed by atoms with van der Waals surface area (Å²) in [5.41, 5.74) is -2.32. The van der Waals surface area contributed by atoms with Gasteiger partial charge in [0.05, 0.1) is 0 Å². The molecule has 0 bridgehead atoms. The van der Waals surface area contributed by atoms with Crippen LogP contribution in [-0.2, 0) is 9.59 Å². The number of carboxylic acids is 2. The Balaban J connectivity index is 3.16. The summed E-state index contributed by atoms with van der Waals surface area (Å²) < 4.78 is 0. The van der Waals surface area contributed by atoms with Crippen molar-refractivity contribution in [1.29, 1.82) is 0 Å². The molecule has 0 saturated carbocycles. The van der Waals surface area contributed by atoms with Crippen molar-refractivity contribution >= 4 is 18.0 Å². The van der Waals surface area contributed by atoms with Gasteiger partial charge in [-0.1, -0.05) is 0 Å². The lowest BCUT2D eigenvalue weighted by Crippen LogP contribution is -2.63. The van der Waals surface area contributed by atoms with Gasteiger partial charge < -0.3 is 15.3 Å². The highest BCUT2D eigenvalue weighted by Gasteiger charge is 2.55. The Kier molecular flexibility index (Phi) is 2.83. The minimum absolute atomic E-state index is 0.0616. The highest BCUT2D eigenvalue weighted by molar-refractivity contribution is 6.05. The molecule has 0 atom stereocenters. The molecule has 0 unspecified atom stereocenters. The standard InChI is InChI=1S/C8H11NO6/c10-5(11)8(6(12)13)3-1-2-4-9(8)7(14)15/h1-4H2,(H,10,11)(H,12,13)(H,14,15). The predicted octanol–water partition coefficient (Wildman–Crippen LogP) is 0.0583. The Morgan fingerprint density at radius 2 is 1.53 bits per heavy atom. The van der Waals surface area contributed by atoms with Gasteiger partial charge in [-0.05, 0) is 19.3 Å². The van der Waals surface area contributed by atoms with Crippen LogP contribution in [0.25, 0.3) is 0 Å². The highest BCUT2D eigenvalue weighted by atomic mass is 16.4. The molecule has 0 aromatic heterocycles. The first-order valence-electron chi connectivity index (χ1n) is 4.40. The summed E-state index contributed by atoms with van der Waals surface area (Å²) >= 11 is 0. The van der Waals surface area contributed by atoms with Crippen molar-refractivity contribution in [2.75, 3.05) is 6.54 Å². The van der Waals surface area contributed by atoms with E-state index in [1.807, 2.05) is 0 Å². The zero-order chi connectivity index (χ0) is 11.6. The van der Waals surface area contributed by atoms with E-state index in [1.54, 1.807) is 0 Å². The fraction of sp³-hybridized carbons (Fsp3) is 0.625. The number of carbonyl (C=O) groups is 3. The second kappa shape index (κ2) is 3.76. The molecule has 0 spiro atoms. The number of hydrogen-bond acceptors (Lipinski definition) is 3. The normalized spacial score (nSPS) is 19.6. The van der Waals surface area contributed by atoms with Gasteiger partial charge in [-0.25, -0.2) is 14.4 Å². The summed E-state index contributed by atoms with van der Waals surface area (Å²) in [7, 11) is 0. The van der Waals surface area contributed by atoms with Crippen LogP contribution in [-0.4, -0.2) is 50.3 Å². The average molecular weight is 217 g/mol. The van der Waals surface area contributed by atoms with Gasteiger partial charge in [0, 0.05) is 6.54 Å². The van der Waals surface area contributed by atoms with Gasteiger partial charge in [-0.15, -0.1) is 0 Å². The molecule has 7 heteroatoms. The Morgan fingerprint density at radius 1 is 1.00 bits per heavy atom. The van der Waals surface area contributed by atoms with E-state index in [0.717, 1.165) is 0 Å². The Morgan fingerprint density at radius 3 is 1.87 bits per heavy atom. The monoisotopic (exact) mass is 217 g/mol. The van der Waals surface area contributed by atoms with Crippen molar-refractivity contribution in [3.8, 4) is 0 Å². The molecule has 1 saturated heterocycles. The maximum Gasteiger partial charge on any atom is 0.408 e. The average Bonchev–Trinajstić information content (AvgIpc) is 2.16. The summed E-state index contributed by atoms with van der Waals surface area (Å²) in [6, 6.07) is 0. The van der Waals surface area contributed by atoms with Crippen LogP contribution in [0.5, 0.6) is 0 Å². The fourth-order valence-corrected chi connectivity index (χ4v) is 1.77. The molecule has 1 aliphatic heterocycles. The Labute approximate surface area is 84.9 Å². The third-order valence-corrected chi connectivity index (χ3v) is 2.57. The number of hydrogen-bond donors (Lipinski definition) is 3. The minimum Gasteiger partial charge on any atom is -0.479 e. The molecule has 1 amide bonds. The Bertz CT molecular complexity index is 298. The molecule has 0 radical (unpaired) electrons. The smallest absolute Gasteiger partial charge is 0.408 e. The summed E-state index contributed by atoms with van der Waals surface area (Å²) in [6.45, 7) is -0.0616. The second-order valence-corrected chi connectivity index (χ2v) is 3.36. The number of likely N-dealkylation sites (tertiary alicyclic amines) is 1. The molecule has 84 valence electrons. The minimum atomic E-state index is -2.32. The van der Waals surface area contributed by atoms with Crippen molar-refractivity contribution in [2.45, 2.75) is 24.8 Å². The molecule has 0 aliphatic carbocycles. The van der Waals surface area contributed by atoms with Crippen LogP contribution in [0.2, 0.25) is 0 Å². The molecule has 0 aromatic carbocycles. The van der Waals surface area contributed by atoms with Crippen LogP contribution in [0.15, 0.2) is 0 Å². The lowest BCUT2D eigenvalue weighted by molar-refractivity contribution is -0.168. The first-order valence-corrected chi connectivity index (χ1v) is 4.40. The SMILES string of the molecule is O=C(O)N1CCCCC1(C(=O)O)C(=O)O. The van der Waals surface area contributed by atoms with Crippen molar-refractivity contribution in [3.63, 3.8) is 0 Å².